The Morgan fingerprint density at radius 3 is 2.76 bits per heavy atom. The monoisotopic (exact) mass is 322 g/mol. The molecular formula is C13H14N4O2S2. The molecule has 0 saturated heterocycles. The molecule has 0 radical (unpaired) electrons. The maximum Gasteiger partial charge on any atom is 0.190 e. The van der Waals surface area contributed by atoms with Gasteiger partial charge < -0.3 is 4.57 Å². The Labute approximate surface area is 127 Å². The fourth-order valence-electron chi connectivity index (χ4n) is 1.63. The lowest BCUT2D eigenvalue weighted by Crippen LogP contribution is -2.09. The van der Waals surface area contributed by atoms with Crippen LogP contribution in [0.2, 0.25) is 0 Å². The lowest BCUT2D eigenvalue weighted by Gasteiger charge is -2.05. The molecular weight excluding hydrogens is 308 g/mol. The minimum absolute atomic E-state index is 0.0154. The average molecular weight is 322 g/mol. The molecule has 0 atom stereocenters. The van der Waals surface area contributed by atoms with E-state index in [4.69, 9.17) is 5.26 Å². The highest BCUT2D eigenvalue weighted by atomic mass is 32.2. The van der Waals surface area contributed by atoms with Gasteiger partial charge in [0, 0.05) is 12.8 Å². The van der Waals surface area contributed by atoms with Gasteiger partial charge in [-0.05, 0) is 25.1 Å². The Kier molecular flexibility index (Phi) is 4.65. The summed E-state index contributed by atoms with van der Waals surface area (Å²) in [6.45, 7) is 1.83. The number of thioether (sulfide) groups is 1. The summed E-state index contributed by atoms with van der Waals surface area (Å²) in [5.74, 6) is 1.14. The largest absolute Gasteiger partial charge is 0.309 e. The summed E-state index contributed by atoms with van der Waals surface area (Å²) in [4.78, 5) is 0.177. The van der Waals surface area contributed by atoms with E-state index in [1.165, 1.54) is 23.9 Å². The fraction of sp³-hybridized carbons (Fsp3) is 0.308. The van der Waals surface area contributed by atoms with Crippen LogP contribution in [0.15, 0.2) is 34.3 Å². The van der Waals surface area contributed by atoms with E-state index in [-0.39, 0.29) is 10.6 Å². The Morgan fingerprint density at radius 1 is 1.38 bits per heavy atom. The third kappa shape index (κ3) is 3.62. The number of nitrogens with zero attached hydrogens (tertiary/aromatic N) is 4. The van der Waals surface area contributed by atoms with E-state index in [2.05, 4.69) is 10.2 Å². The smallest absolute Gasteiger partial charge is 0.190 e. The van der Waals surface area contributed by atoms with Crippen LogP contribution in [-0.4, -0.2) is 34.7 Å². The molecule has 1 aromatic heterocycles. The number of sulfone groups is 1. The summed E-state index contributed by atoms with van der Waals surface area (Å²) in [7, 11) is -1.56. The first kappa shape index (κ1) is 15.5. The molecule has 0 aliphatic heterocycles. The summed E-state index contributed by atoms with van der Waals surface area (Å²) < 4.78 is 26.2. The molecule has 0 amide bonds. The van der Waals surface area contributed by atoms with Gasteiger partial charge in [0.25, 0.3) is 0 Å². The third-order valence-corrected chi connectivity index (χ3v) is 5.95. The molecule has 0 spiro atoms. The van der Waals surface area contributed by atoms with Crippen LogP contribution in [0, 0.1) is 18.3 Å². The van der Waals surface area contributed by atoms with Crippen molar-refractivity contribution in [3.8, 4) is 6.07 Å². The number of hydrogen-bond donors (Lipinski definition) is 0. The number of rotatable bonds is 5. The Bertz CT molecular complexity index is 791. The molecule has 2 aromatic rings. The predicted octanol–water partition coefficient (Wildman–Crippen LogP) is 1.56. The van der Waals surface area contributed by atoms with Gasteiger partial charge in [-0.3, -0.25) is 0 Å². The van der Waals surface area contributed by atoms with E-state index < -0.39 is 9.84 Å². The number of nitriles is 1. The SMILES string of the molecule is Cc1nnc(SCCS(=O)(=O)c2cccc(C#N)c2)n1C. The highest BCUT2D eigenvalue weighted by molar-refractivity contribution is 8.00. The van der Waals surface area contributed by atoms with Crippen LogP contribution in [0.25, 0.3) is 0 Å². The normalized spacial score (nSPS) is 11.3. The zero-order valence-electron chi connectivity index (χ0n) is 11.6. The fourth-order valence-corrected chi connectivity index (χ4v) is 4.28. The topological polar surface area (TPSA) is 88.6 Å². The van der Waals surface area contributed by atoms with Crippen molar-refractivity contribution in [3.05, 3.63) is 35.7 Å². The van der Waals surface area contributed by atoms with Crippen LogP contribution in [0.1, 0.15) is 11.4 Å². The number of aryl methyl sites for hydroxylation is 1. The van der Waals surface area contributed by atoms with Crippen molar-refractivity contribution in [1.82, 2.24) is 14.8 Å². The van der Waals surface area contributed by atoms with Gasteiger partial charge in [0.05, 0.1) is 22.3 Å². The molecule has 0 saturated carbocycles. The Balaban J connectivity index is 2.05. The second kappa shape index (κ2) is 6.28. The molecule has 0 bridgehead atoms. The highest BCUT2D eigenvalue weighted by Crippen LogP contribution is 2.18. The van der Waals surface area contributed by atoms with Gasteiger partial charge >= 0.3 is 0 Å². The maximum absolute atomic E-state index is 12.2. The van der Waals surface area contributed by atoms with Crippen molar-refractivity contribution < 1.29 is 8.42 Å². The van der Waals surface area contributed by atoms with E-state index in [1.807, 2.05) is 24.6 Å². The first-order valence-electron chi connectivity index (χ1n) is 6.16. The van der Waals surface area contributed by atoms with E-state index in [1.54, 1.807) is 12.1 Å². The molecule has 0 aliphatic rings. The quantitative estimate of drug-likeness (QED) is 0.776. The van der Waals surface area contributed by atoms with Crippen molar-refractivity contribution in [3.63, 3.8) is 0 Å². The number of aromatic nitrogens is 3. The summed E-state index contributed by atoms with van der Waals surface area (Å²) in [5, 5.41) is 17.4. The van der Waals surface area contributed by atoms with Crippen molar-refractivity contribution in [2.45, 2.75) is 17.0 Å². The van der Waals surface area contributed by atoms with Gasteiger partial charge in [0.1, 0.15) is 5.82 Å². The van der Waals surface area contributed by atoms with E-state index in [0.29, 0.717) is 16.5 Å². The molecule has 6 nitrogen and oxygen atoms in total. The van der Waals surface area contributed by atoms with E-state index >= 15 is 0 Å². The van der Waals surface area contributed by atoms with Crippen LogP contribution in [-0.2, 0) is 16.9 Å². The zero-order valence-corrected chi connectivity index (χ0v) is 13.3. The van der Waals surface area contributed by atoms with Crippen molar-refractivity contribution in [2.24, 2.45) is 7.05 Å². The van der Waals surface area contributed by atoms with Crippen molar-refractivity contribution in [1.29, 1.82) is 5.26 Å². The first-order valence-corrected chi connectivity index (χ1v) is 8.79. The van der Waals surface area contributed by atoms with Gasteiger partial charge in [-0.2, -0.15) is 5.26 Å². The van der Waals surface area contributed by atoms with Crippen LogP contribution in [0.3, 0.4) is 0 Å². The number of hydrogen-bond acceptors (Lipinski definition) is 6. The van der Waals surface area contributed by atoms with Crippen LogP contribution in [0.5, 0.6) is 0 Å². The lowest BCUT2D eigenvalue weighted by atomic mass is 10.2. The summed E-state index contributed by atoms with van der Waals surface area (Å²) in [5.41, 5.74) is 0.340. The standard InChI is InChI=1S/C13H14N4O2S2/c1-10-15-16-13(17(10)2)20-6-7-21(18,19)12-5-3-4-11(8-12)9-14/h3-5,8H,6-7H2,1-2H3. The second-order valence-corrected chi connectivity index (χ2v) is 7.57. The van der Waals surface area contributed by atoms with Crippen molar-refractivity contribution >= 4 is 21.6 Å². The molecule has 1 heterocycles. The molecule has 8 heteroatoms. The van der Waals surface area contributed by atoms with Gasteiger partial charge in [-0.15, -0.1) is 10.2 Å². The maximum atomic E-state index is 12.2. The molecule has 0 unspecified atom stereocenters. The summed E-state index contributed by atoms with van der Waals surface area (Å²) in [6, 6.07) is 8.00. The van der Waals surface area contributed by atoms with Gasteiger partial charge in [-0.1, -0.05) is 17.8 Å². The van der Waals surface area contributed by atoms with Gasteiger partial charge in [-0.25, -0.2) is 8.42 Å². The molecule has 110 valence electrons. The zero-order chi connectivity index (χ0) is 15.5. The Hall–Kier alpha value is -1.85. The van der Waals surface area contributed by atoms with Gasteiger partial charge in [0.15, 0.2) is 15.0 Å². The van der Waals surface area contributed by atoms with E-state index in [0.717, 1.165) is 5.82 Å². The third-order valence-electron chi connectivity index (χ3n) is 2.96. The highest BCUT2D eigenvalue weighted by Gasteiger charge is 2.16. The molecule has 1 aromatic carbocycles. The summed E-state index contributed by atoms with van der Waals surface area (Å²) in [6.07, 6.45) is 0. The first-order chi connectivity index (χ1) is 9.94. The molecule has 21 heavy (non-hydrogen) atoms. The molecule has 2 rings (SSSR count). The van der Waals surface area contributed by atoms with Gasteiger partial charge in [0.2, 0.25) is 0 Å². The lowest BCUT2D eigenvalue weighted by molar-refractivity contribution is 0.597. The van der Waals surface area contributed by atoms with Crippen LogP contribution < -0.4 is 0 Å². The molecule has 0 fully saturated rings. The second-order valence-electron chi connectivity index (χ2n) is 4.40. The summed E-state index contributed by atoms with van der Waals surface area (Å²) >= 11 is 1.34. The van der Waals surface area contributed by atoms with Crippen LogP contribution >= 0.6 is 11.8 Å². The van der Waals surface area contributed by atoms with Crippen molar-refractivity contribution in [2.75, 3.05) is 11.5 Å². The molecule has 0 aliphatic carbocycles. The molecule has 0 N–H and O–H groups in total. The average Bonchev–Trinajstić information content (AvgIpc) is 2.79. The number of benzene rings is 1. The predicted molar refractivity (Wildman–Crippen MR) is 79.7 cm³/mol. The minimum Gasteiger partial charge on any atom is -0.309 e. The van der Waals surface area contributed by atoms with Crippen LogP contribution in [0.4, 0.5) is 0 Å². The van der Waals surface area contributed by atoms with E-state index in [9.17, 15) is 8.42 Å². The minimum atomic E-state index is -3.40. The Morgan fingerprint density at radius 2 is 2.14 bits per heavy atom.